The Bertz CT molecular complexity index is 810. The molecule has 2 amide bonds. The van der Waals surface area contributed by atoms with Crippen molar-refractivity contribution in [1.82, 2.24) is 15.5 Å². The second-order valence-corrected chi connectivity index (χ2v) is 15.7. The molecule has 0 bridgehead atoms. The molecular formula is C43H92N7O2+3. The van der Waals surface area contributed by atoms with Crippen LogP contribution in [-0.2, 0) is 9.59 Å². The third-order valence-corrected chi connectivity index (χ3v) is 10.4. The Morgan fingerprint density at radius 2 is 0.942 bits per heavy atom. The molecule has 0 aliphatic carbocycles. The van der Waals surface area contributed by atoms with Gasteiger partial charge in [0.05, 0.1) is 6.54 Å². The van der Waals surface area contributed by atoms with Crippen molar-refractivity contribution in [3.8, 4) is 0 Å². The van der Waals surface area contributed by atoms with Crippen molar-refractivity contribution < 1.29 is 26.8 Å². The average Bonchev–Trinajstić information content (AvgIpc) is 3.13. The molecule has 9 heteroatoms. The first-order chi connectivity index (χ1) is 25.3. The van der Waals surface area contributed by atoms with Crippen LogP contribution in [0.2, 0.25) is 0 Å². The number of nitrogens with one attached hydrogen (secondary N) is 2. The van der Waals surface area contributed by atoms with Crippen molar-refractivity contribution in [2.45, 2.75) is 225 Å². The van der Waals surface area contributed by atoms with E-state index in [1.165, 1.54) is 161 Å². The molecule has 3 unspecified atom stereocenters. The van der Waals surface area contributed by atoms with Crippen molar-refractivity contribution >= 4 is 11.8 Å². The first-order valence-electron chi connectivity index (χ1n) is 22.5. The van der Waals surface area contributed by atoms with Gasteiger partial charge in [-0.2, -0.15) is 0 Å². The van der Waals surface area contributed by atoms with Gasteiger partial charge in [0.2, 0.25) is 0 Å². The Hall–Kier alpha value is -1.52. The van der Waals surface area contributed by atoms with Crippen LogP contribution >= 0.6 is 0 Å². The summed E-state index contributed by atoms with van der Waals surface area (Å²) in [5, 5.41) is 6.00. The number of unbranched alkanes of at least 4 members (excludes halogenated alkanes) is 25. The van der Waals surface area contributed by atoms with Gasteiger partial charge in [0.15, 0.2) is 18.4 Å². The molecule has 308 valence electrons. The van der Waals surface area contributed by atoms with Gasteiger partial charge in [-0.1, -0.05) is 167 Å². The third-order valence-electron chi connectivity index (χ3n) is 10.4. The van der Waals surface area contributed by atoms with Gasteiger partial charge in [-0.25, -0.2) is 0 Å². The maximum absolute atomic E-state index is 13.5. The fraction of sp³-hybridized carbons (Fsp3) is 0.907. The maximum atomic E-state index is 13.5. The Labute approximate surface area is 322 Å². The van der Waals surface area contributed by atoms with Crippen molar-refractivity contribution in [2.75, 3.05) is 26.2 Å². The summed E-state index contributed by atoms with van der Waals surface area (Å²) in [6.45, 7) is 7.10. The van der Waals surface area contributed by atoms with Crippen LogP contribution in [0.15, 0.2) is 12.2 Å². The van der Waals surface area contributed by atoms with Crippen LogP contribution in [-0.4, -0.2) is 61.3 Å². The van der Waals surface area contributed by atoms with Gasteiger partial charge < -0.3 is 27.4 Å². The zero-order valence-electron chi connectivity index (χ0n) is 34.9. The van der Waals surface area contributed by atoms with E-state index in [0.717, 1.165) is 38.8 Å². The summed E-state index contributed by atoms with van der Waals surface area (Å²) in [6, 6.07) is -0.847. The van der Waals surface area contributed by atoms with Crippen molar-refractivity contribution in [1.29, 1.82) is 0 Å². The highest BCUT2D eigenvalue weighted by Crippen LogP contribution is 2.14. The van der Waals surface area contributed by atoms with E-state index in [4.69, 9.17) is 5.73 Å². The molecule has 0 aromatic carbocycles. The normalized spacial score (nSPS) is 13.4. The molecule has 0 fully saturated rings. The second-order valence-electron chi connectivity index (χ2n) is 15.7. The molecule has 3 atom stereocenters. The minimum Gasteiger partial charge on any atom is -0.347 e. The largest absolute Gasteiger partial charge is 0.347 e. The van der Waals surface area contributed by atoms with Gasteiger partial charge in [0.25, 0.3) is 11.8 Å². The van der Waals surface area contributed by atoms with E-state index in [1.807, 2.05) is 4.90 Å². The average molecular weight is 739 g/mol. The molecule has 0 rings (SSSR count). The van der Waals surface area contributed by atoms with Gasteiger partial charge in [-0.15, -0.1) is 0 Å². The summed E-state index contributed by atoms with van der Waals surface area (Å²) in [4.78, 5) is 28.2. The quantitative estimate of drug-likeness (QED) is 0.0239. The number of amides is 2. The lowest BCUT2D eigenvalue weighted by molar-refractivity contribution is -0.427. The number of nitrogens with two attached hydrogens (primary N) is 1. The molecule has 9 nitrogen and oxygen atoms in total. The Balaban J connectivity index is 4.42. The molecule has 0 heterocycles. The fourth-order valence-electron chi connectivity index (χ4n) is 6.86. The standard InChI is InChI=1S/C43H89N7O2/c1-3-5-7-9-11-13-15-17-19-20-22-24-26-28-30-32-37-50(36-31-29-27-25-23-21-18-16-14-12-10-8-6-4-2)42(52)40(45)38-49-41(51)39(44)34-33-35-48-43(46)47/h17,19,39-40,43,48H,3-16,18,20-38,44-47H2,1-2H3,(H,49,51)/p+3/b19-17-. The van der Waals surface area contributed by atoms with E-state index in [-0.39, 0.29) is 30.7 Å². The zero-order valence-corrected chi connectivity index (χ0v) is 34.9. The SMILES string of the molecule is CCCCCCCC/C=C\CCCCCCCCN(CCCCCCCCCCCCCCCC)C(=O)C([NH3+])CNC(=O)C([NH3+])CCCNC(N)[NH3+]. The van der Waals surface area contributed by atoms with Crippen molar-refractivity contribution in [3.05, 3.63) is 12.2 Å². The lowest BCUT2D eigenvalue weighted by atomic mass is 10.0. The second kappa shape index (κ2) is 39.2. The highest BCUT2D eigenvalue weighted by Gasteiger charge is 2.26. The first kappa shape index (κ1) is 50.5. The molecule has 0 saturated carbocycles. The Morgan fingerprint density at radius 1 is 0.558 bits per heavy atom. The topological polar surface area (TPSA) is 170 Å². The molecule has 0 radical (unpaired) electrons. The number of quaternary nitrogens is 3. The van der Waals surface area contributed by atoms with Crippen LogP contribution < -0.4 is 33.6 Å². The number of nitrogens with zero attached hydrogens (tertiary/aromatic N) is 1. The molecule has 0 aromatic heterocycles. The van der Waals surface area contributed by atoms with Crippen LogP contribution in [0.4, 0.5) is 0 Å². The number of hydrogen-bond donors (Lipinski definition) is 6. The molecule has 0 aliphatic rings. The molecular weight excluding hydrogens is 647 g/mol. The number of hydrogen-bond acceptors (Lipinski definition) is 4. The van der Waals surface area contributed by atoms with E-state index in [9.17, 15) is 9.59 Å². The molecule has 0 aliphatic heterocycles. The summed E-state index contributed by atoms with van der Waals surface area (Å²) in [7, 11) is 0. The van der Waals surface area contributed by atoms with E-state index >= 15 is 0 Å². The number of carbonyl (C=O) groups is 2. The summed E-state index contributed by atoms with van der Waals surface area (Å²) < 4.78 is 0. The van der Waals surface area contributed by atoms with Crippen LogP contribution in [0, 0.1) is 0 Å². The smallest absolute Gasteiger partial charge is 0.282 e. The van der Waals surface area contributed by atoms with E-state index in [1.54, 1.807) is 0 Å². The predicted octanol–water partition coefficient (Wildman–Crippen LogP) is 6.53. The Kier molecular flexibility index (Phi) is 38.0. The molecule has 0 spiro atoms. The summed E-state index contributed by atoms with van der Waals surface area (Å²) >= 11 is 0. The number of allylic oxidation sites excluding steroid dienone is 2. The van der Waals surface area contributed by atoms with Crippen molar-refractivity contribution in [3.63, 3.8) is 0 Å². The molecule has 52 heavy (non-hydrogen) atoms. The lowest BCUT2D eigenvalue weighted by Crippen LogP contribution is -2.74. The van der Waals surface area contributed by atoms with Crippen LogP contribution in [0.5, 0.6) is 0 Å². The summed E-state index contributed by atoms with van der Waals surface area (Å²) in [5.41, 5.74) is 17.5. The monoisotopic (exact) mass is 739 g/mol. The van der Waals surface area contributed by atoms with Crippen LogP contribution in [0.1, 0.15) is 206 Å². The van der Waals surface area contributed by atoms with E-state index in [2.05, 4.69) is 53.8 Å². The molecule has 0 aromatic rings. The Morgan fingerprint density at radius 3 is 1.35 bits per heavy atom. The van der Waals surface area contributed by atoms with Gasteiger partial charge >= 0.3 is 0 Å². The fourth-order valence-corrected chi connectivity index (χ4v) is 6.86. The predicted molar refractivity (Wildman–Crippen MR) is 221 cm³/mol. The maximum Gasteiger partial charge on any atom is 0.282 e. The highest BCUT2D eigenvalue weighted by atomic mass is 16.2. The van der Waals surface area contributed by atoms with Crippen molar-refractivity contribution in [2.24, 2.45) is 5.73 Å². The molecule has 0 saturated heterocycles. The molecule has 13 N–H and O–H groups in total. The number of carbonyl (C=O) groups excluding carboxylic acids is 2. The lowest BCUT2D eigenvalue weighted by Gasteiger charge is -2.25. The number of rotatable bonds is 40. The summed E-state index contributed by atoms with van der Waals surface area (Å²) in [6.07, 6.45) is 42.4. The van der Waals surface area contributed by atoms with Gasteiger partial charge in [0.1, 0.15) is 0 Å². The van der Waals surface area contributed by atoms with Crippen LogP contribution in [0.25, 0.3) is 0 Å². The van der Waals surface area contributed by atoms with Gasteiger partial charge in [0, 0.05) is 26.1 Å². The minimum atomic E-state index is -0.484. The van der Waals surface area contributed by atoms with E-state index < -0.39 is 6.04 Å². The summed E-state index contributed by atoms with van der Waals surface area (Å²) in [5.74, 6) is -0.0517. The van der Waals surface area contributed by atoms with Crippen LogP contribution in [0.3, 0.4) is 0 Å². The highest BCUT2D eigenvalue weighted by molar-refractivity contribution is 5.83. The third kappa shape index (κ3) is 34.3. The van der Waals surface area contributed by atoms with E-state index in [0.29, 0.717) is 13.0 Å². The zero-order chi connectivity index (χ0) is 38.3. The first-order valence-corrected chi connectivity index (χ1v) is 22.5. The van der Waals surface area contributed by atoms with Gasteiger partial charge in [-0.3, -0.25) is 20.6 Å². The minimum absolute atomic E-state index is 0.0667. The van der Waals surface area contributed by atoms with Gasteiger partial charge in [-0.05, 0) is 44.9 Å².